The quantitative estimate of drug-likeness (QED) is 0.793. The van der Waals surface area contributed by atoms with Crippen molar-refractivity contribution in [2.24, 2.45) is 5.92 Å². The zero-order valence-corrected chi connectivity index (χ0v) is 14.0. The second-order valence-electron chi connectivity index (χ2n) is 4.94. The first-order chi connectivity index (χ1) is 9.65. The smallest absolute Gasteiger partial charge is 0.116 e. The van der Waals surface area contributed by atoms with Gasteiger partial charge in [0.25, 0.3) is 0 Å². The van der Waals surface area contributed by atoms with Gasteiger partial charge < -0.3 is 5.32 Å². The van der Waals surface area contributed by atoms with Gasteiger partial charge in [-0.2, -0.15) is 0 Å². The van der Waals surface area contributed by atoms with Crippen LogP contribution in [0.2, 0.25) is 0 Å². The predicted molar refractivity (Wildman–Crippen MR) is 86.8 cm³/mol. The molecule has 2 rings (SSSR count). The second-order valence-corrected chi connectivity index (χ2v) is 6.86. The number of rotatable bonds is 6. The number of halogens is 1. The van der Waals surface area contributed by atoms with Crippen LogP contribution in [-0.2, 0) is 6.54 Å². The molecule has 0 aliphatic carbocycles. The van der Waals surface area contributed by atoms with Gasteiger partial charge in [0.1, 0.15) is 11.4 Å². The molecule has 5 heteroatoms. The highest BCUT2D eigenvalue weighted by Gasteiger charge is 2.05. The molecule has 2 aromatic rings. The van der Waals surface area contributed by atoms with Gasteiger partial charge in [-0.25, -0.2) is 9.97 Å². The van der Waals surface area contributed by atoms with Gasteiger partial charge in [0, 0.05) is 22.1 Å². The summed E-state index contributed by atoms with van der Waals surface area (Å²) < 4.78 is 1.10. The van der Waals surface area contributed by atoms with Crippen LogP contribution in [0.15, 0.2) is 51.2 Å². The monoisotopic (exact) mass is 351 g/mol. The van der Waals surface area contributed by atoms with Gasteiger partial charge in [0.05, 0.1) is 0 Å². The van der Waals surface area contributed by atoms with Gasteiger partial charge in [0.15, 0.2) is 0 Å². The number of hydrogen-bond acceptors (Lipinski definition) is 4. The van der Waals surface area contributed by atoms with E-state index in [9.17, 15) is 0 Å². The van der Waals surface area contributed by atoms with Crippen LogP contribution in [0.1, 0.15) is 19.4 Å². The van der Waals surface area contributed by atoms with E-state index in [2.05, 4.69) is 63.3 Å². The largest absolute Gasteiger partial charge is 0.312 e. The Bertz CT molecular complexity index is 546. The first-order valence-corrected chi connectivity index (χ1v) is 8.19. The first kappa shape index (κ1) is 15.5. The lowest BCUT2D eigenvalue weighted by Gasteiger charge is -2.09. The standard InChI is InChI=1S/C15H18BrN3S/c1-11(2)8-18-9-12-3-4-14(13(16)7-12)20-15-5-6-17-10-19-15/h3-7,10-11,18H,8-9H2,1-2H3. The average molecular weight is 352 g/mol. The Balaban J connectivity index is 1.99. The fourth-order valence-corrected chi connectivity index (χ4v) is 3.11. The molecule has 0 unspecified atom stereocenters. The third-order valence-corrected chi connectivity index (χ3v) is 4.59. The van der Waals surface area contributed by atoms with E-state index in [0.717, 1.165) is 27.5 Å². The normalized spacial score (nSPS) is 11.0. The highest BCUT2D eigenvalue weighted by atomic mass is 79.9. The van der Waals surface area contributed by atoms with Crippen molar-refractivity contribution in [3.8, 4) is 0 Å². The van der Waals surface area contributed by atoms with Gasteiger partial charge in [-0.1, -0.05) is 31.7 Å². The Morgan fingerprint density at radius 2 is 2.15 bits per heavy atom. The Labute approximate surface area is 132 Å². The van der Waals surface area contributed by atoms with Crippen LogP contribution in [0, 0.1) is 5.92 Å². The van der Waals surface area contributed by atoms with Gasteiger partial charge in [-0.3, -0.25) is 0 Å². The molecule has 1 aromatic heterocycles. The number of aromatic nitrogens is 2. The summed E-state index contributed by atoms with van der Waals surface area (Å²) in [7, 11) is 0. The molecule has 0 spiro atoms. The summed E-state index contributed by atoms with van der Waals surface area (Å²) in [6.45, 7) is 6.36. The topological polar surface area (TPSA) is 37.8 Å². The van der Waals surface area contributed by atoms with E-state index in [-0.39, 0.29) is 0 Å². The third-order valence-electron chi connectivity index (χ3n) is 2.65. The minimum atomic E-state index is 0.672. The summed E-state index contributed by atoms with van der Waals surface area (Å²) in [5, 5.41) is 4.40. The maximum absolute atomic E-state index is 4.23. The maximum Gasteiger partial charge on any atom is 0.116 e. The van der Waals surface area contributed by atoms with E-state index in [1.165, 1.54) is 5.56 Å². The SMILES string of the molecule is CC(C)CNCc1ccc(Sc2ccncn2)c(Br)c1. The van der Waals surface area contributed by atoms with Gasteiger partial charge in [0.2, 0.25) is 0 Å². The van der Waals surface area contributed by atoms with E-state index >= 15 is 0 Å². The first-order valence-electron chi connectivity index (χ1n) is 6.58. The fraction of sp³-hybridized carbons (Fsp3) is 0.333. The molecular formula is C15H18BrN3S. The van der Waals surface area contributed by atoms with Crippen molar-refractivity contribution in [2.75, 3.05) is 6.54 Å². The molecule has 106 valence electrons. The number of nitrogens with zero attached hydrogens (tertiary/aromatic N) is 2. The summed E-state index contributed by atoms with van der Waals surface area (Å²) >= 11 is 5.27. The van der Waals surface area contributed by atoms with Crippen molar-refractivity contribution in [3.05, 3.63) is 46.8 Å². The van der Waals surface area contributed by atoms with Crippen molar-refractivity contribution in [2.45, 2.75) is 30.3 Å². The summed E-state index contributed by atoms with van der Waals surface area (Å²) in [5.74, 6) is 0.672. The molecule has 0 atom stereocenters. The summed E-state index contributed by atoms with van der Waals surface area (Å²) in [6.07, 6.45) is 3.33. The van der Waals surface area contributed by atoms with Gasteiger partial charge in [-0.05, 0) is 52.2 Å². The zero-order chi connectivity index (χ0) is 14.4. The van der Waals surface area contributed by atoms with Crippen molar-refractivity contribution in [3.63, 3.8) is 0 Å². The van der Waals surface area contributed by atoms with E-state index in [1.807, 2.05) is 6.07 Å². The van der Waals surface area contributed by atoms with Crippen LogP contribution in [0.4, 0.5) is 0 Å². The molecule has 0 radical (unpaired) electrons. The van der Waals surface area contributed by atoms with Gasteiger partial charge in [-0.15, -0.1) is 0 Å². The van der Waals surface area contributed by atoms with E-state index in [0.29, 0.717) is 5.92 Å². The Morgan fingerprint density at radius 3 is 2.80 bits per heavy atom. The lowest BCUT2D eigenvalue weighted by atomic mass is 10.2. The number of nitrogens with one attached hydrogen (secondary N) is 1. The van der Waals surface area contributed by atoms with Crippen LogP contribution >= 0.6 is 27.7 Å². The molecule has 0 aliphatic heterocycles. The number of hydrogen-bond donors (Lipinski definition) is 1. The summed E-state index contributed by atoms with van der Waals surface area (Å²) in [6, 6.07) is 8.36. The van der Waals surface area contributed by atoms with Crippen LogP contribution in [0.25, 0.3) is 0 Å². The Hall–Kier alpha value is -0.910. The van der Waals surface area contributed by atoms with Crippen LogP contribution in [-0.4, -0.2) is 16.5 Å². The minimum Gasteiger partial charge on any atom is -0.312 e. The average Bonchev–Trinajstić information content (AvgIpc) is 2.42. The summed E-state index contributed by atoms with van der Waals surface area (Å²) in [5.41, 5.74) is 1.28. The van der Waals surface area contributed by atoms with E-state index < -0.39 is 0 Å². The lowest BCUT2D eigenvalue weighted by Crippen LogP contribution is -2.18. The van der Waals surface area contributed by atoms with Crippen molar-refractivity contribution in [1.82, 2.24) is 15.3 Å². The molecule has 1 heterocycles. The third kappa shape index (κ3) is 4.89. The van der Waals surface area contributed by atoms with Crippen LogP contribution in [0.5, 0.6) is 0 Å². The van der Waals surface area contributed by atoms with Crippen molar-refractivity contribution >= 4 is 27.7 Å². The highest BCUT2D eigenvalue weighted by molar-refractivity contribution is 9.10. The van der Waals surface area contributed by atoms with E-state index in [1.54, 1.807) is 24.3 Å². The van der Waals surface area contributed by atoms with Crippen molar-refractivity contribution < 1.29 is 0 Å². The molecule has 0 aliphatic rings. The zero-order valence-electron chi connectivity index (χ0n) is 11.6. The predicted octanol–water partition coefficient (Wildman–Crippen LogP) is 4.14. The molecule has 0 saturated heterocycles. The molecule has 3 nitrogen and oxygen atoms in total. The molecule has 0 fully saturated rings. The van der Waals surface area contributed by atoms with Crippen LogP contribution in [0.3, 0.4) is 0 Å². The lowest BCUT2D eigenvalue weighted by molar-refractivity contribution is 0.552. The molecule has 1 N–H and O–H groups in total. The Morgan fingerprint density at radius 1 is 1.30 bits per heavy atom. The van der Waals surface area contributed by atoms with Crippen LogP contribution < -0.4 is 5.32 Å². The molecular weight excluding hydrogens is 334 g/mol. The molecule has 0 bridgehead atoms. The number of benzene rings is 1. The Kier molecular flexibility index (Phi) is 6.01. The van der Waals surface area contributed by atoms with Gasteiger partial charge >= 0.3 is 0 Å². The minimum absolute atomic E-state index is 0.672. The molecule has 20 heavy (non-hydrogen) atoms. The second kappa shape index (κ2) is 7.76. The molecule has 1 aromatic carbocycles. The maximum atomic E-state index is 4.23. The molecule has 0 saturated carbocycles. The van der Waals surface area contributed by atoms with Crippen molar-refractivity contribution in [1.29, 1.82) is 0 Å². The van der Waals surface area contributed by atoms with E-state index in [4.69, 9.17) is 0 Å². The molecule has 0 amide bonds. The fourth-order valence-electron chi connectivity index (χ4n) is 1.69. The highest BCUT2D eigenvalue weighted by Crippen LogP contribution is 2.32. The summed E-state index contributed by atoms with van der Waals surface area (Å²) in [4.78, 5) is 9.32.